The first-order chi connectivity index (χ1) is 13.4. The fourth-order valence-electron chi connectivity index (χ4n) is 2.36. The molecule has 0 aliphatic carbocycles. The molecule has 0 aromatic heterocycles. The predicted octanol–water partition coefficient (Wildman–Crippen LogP) is 3.08. The summed E-state index contributed by atoms with van der Waals surface area (Å²) in [5.41, 5.74) is 4.15. The van der Waals surface area contributed by atoms with E-state index in [4.69, 9.17) is 14.2 Å². The molecular formula is C21H27N3O4. The summed E-state index contributed by atoms with van der Waals surface area (Å²) in [5, 5.41) is 3.99. The topological polar surface area (TPSA) is 72.4 Å². The van der Waals surface area contributed by atoms with E-state index in [1.807, 2.05) is 69.2 Å². The van der Waals surface area contributed by atoms with Gasteiger partial charge in [-0.25, -0.2) is 5.43 Å². The number of carbonyl (C=O) groups excluding carboxylic acids is 1. The van der Waals surface area contributed by atoms with Crippen molar-refractivity contribution in [1.82, 2.24) is 5.43 Å². The van der Waals surface area contributed by atoms with Crippen LogP contribution in [0.1, 0.15) is 19.4 Å². The fourth-order valence-corrected chi connectivity index (χ4v) is 2.36. The van der Waals surface area contributed by atoms with E-state index in [0.29, 0.717) is 22.8 Å². The summed E-state index contributed by atoms with van der Waals surface area (Å²) in [5.74, 6) is 1.44. The lowest BCUT2D eigenvalue weighted by molar-refractivity contribution is -0.123. The third-order valence-corrected chi connectivity index (χ3v) is 3.68. The maximum absolute atomic E-state index is 12.0. The summed E-state index contributed by atoms with van der Waals surface area (Å²) in [6.45, 7) is 3.72. The molecule has 0 saturated heterocycles. The number of amides is 1. The van der Waals surface area contributed by atoms with Gasteiger partial charge in [0.2, 0.25) is 0 Å². The molecule has 2 rings (SSSR count). The van der Waals surface area contributed by atoms with Crippen molar-refractivity contribution in [2.24, 2.45) is 5.10 Å². The van der Waals surface area contributed by atoms with Gasteiger partial charge in [-0.05, 0) is 38.1 Å². The van der Waals surface area contributed by atoms with Crippen LogP contribution in [0.5, 0.6) is 17.2 Å². The zero-order valence-corrected chi connectivity index (χ0v) is 16.9. The lowest BCUT2D eigenvalue weighted by Gasteiger charge is -2.15. The van der Waals surface area contributed by atoms with Crippen LogP contribution in [0.15, 0.2) is 47.6 Å². The zero-order chi connectivity index (χ0) is 20.5. The van der Waals surface area contributed by atoms with Gasteiger partial charge in [0.05, 0.1) is 19.4 Å². The predicted molar refractivity (Wildman–Crippen MR) is 111 cm³/mol. The molecule has 7 heteroatoms. The summed E-state index contributed by atoms with van der Waals surface area (Å²) in [7, 11) is 5.46. The van der Waals surface area contributed by atoms with Crippen LogP contribution in [0.2, 0.25) is 0 Å². The van der Waals surface area contributed by atoms with E-state index in [9.17, 15) is 4.79 Å². The number of hydrogen-bond donors (Lipinski definition) is 1. The van der Waals surface area contributed by atoms with E-state index in [1.54, 1.807) is 13.2 Å². The standard InChI is InChI=1S/C21H27N3O4/c1-15(2)28-21-16(8-6-11-19(21)26-5)13-22-23-20(25)14-27-18-10-7-9-17(12-18)24(3)4/h6-13,15H,14H2,1-5H3,(H,23,25)/b22-13+. The monoisotopic (exact) mass is 385 g/mol. The molecule has 0 bridgehead atoms. The van der Waals surface area contributed by atoms with Gasteiger partial charge in [-0.1, -0.05) is 12.1 Å². The average molecular weight is 385 g/mol. The van der Waals surface area contributed by atoms with E-state index in [-0.39, 0.29) is 18.6 Å². The Balaban J connectivity index is 1.95. The minimum absolute atomic E-state index is 0.0237. The van der Waals surface area contributed by atoms with Crippen LogP contribution < -0.4 is 24.5 Å². The Hall–Kier alpha value is -3.22. The number of methoxy groups -OCH3 is 1. The van der Waals surface area contributed by atoms with E-state index >= 15 is 0 Å². The van der Waals surface area contributed by atoms with Crippen LogP contribution in [0.4, 0.5) is 5.69 Å². The number of hydrazone groups is 1. The first-order valence-electron chi connectivity index (χ1n) is 8.96. The van der Waals surface area contributed by atoms with E-state index in [0.717, 1.165) is 5.69 Å². The second kappa shape index (κ2) is 10.2. The Labute approximate surface area is 165 Å². The Kier molecular flexibility index (Phi) is 7.68. The SMILES string of the molecule is COc1cccc(/C=N/NC(=O)COc2cccc(N(C)C)c2)c1OC(C)C. The van der Waals surface area contributed by atoms with Crippen LogP contribution in [-0.4, -0.2) is 46.0 Å². The molecule has 28 heavy (non-hydrogen) atoms. The number of rotatable bonds is 9. The summed E-state index contributed by atoms with van der Waals surface area (Å²) in [4.78, 5) is 14.0. The molecule has 1 amide bonds. The number of para-hydroxylation sites is 1. The van der Waals surface area contributed by atoms with Crippen molar-refractivity contribution in [3.63, 3.8) is 0 Å². The summed E-state index contributed by atoms with van der Waals surface area (Å²) in [6.07, 6.45) is 1.49. The van der Waals surface area contributed by atoms with E-state index in [2.05, 4.69) is 10.5 Å². The van der Waals surface area contributed by atoms with Crippen LogP contribution >= 0.6 is 0 Å². The van der Waals surface area contributed by atoms with Crippen LogP contribution in [0.25, 0.3) is 0 Å². The minimum atomic E-state index is -0.360. The molecule has 2 aromatic rings. The van der Waals surface area contributed by atoms with Gasteiger partial charge in [0.1, 0.15) is 5.75 Å². The Bertz CT molecular complexity index is 819. The minimum Gasteiger partial charge on any atom is -0.493 e. The number of ether oxygens (including phenoxy) is 3. The van der Waals surface area contributed by atoms with Gasteiger partial charge in [-0.2, -0.15) is 5.10 Å². The molecule has 2 aromatic carbocycles. The highest BCUT2D eigenvalue weighted by atomic mass is 16.5. The molecular weight excluding hydrogens is 358 g/mol. The third-order valence-electron chi connectivity index (χ3n) is 3.68. The maximum Gasteiger partial charge on any atom is 0.277 e. The van der Waals surface area contributed by atoms with Gasteiger partial charge in [-0.3, -0.25) is 4.79 Å². The van der Waals surface area contributed by atoms with Crippen LogP contribution in [-0.2, 0) is 4.79 Å². The number of anilines is 1. The lowest BCUT2D eigenvalue weighted by Crippen LogP contribution is -2.24. The Morgan fingerprint density at radius 2 is 1.96 bits per heavy atom. The first-order valence-corrected chi connectivity index (χ1v) is 8.96. The highest BCUT2D eigenvalue weighted by Crippen LogP contribution is 2.30. The highest BCUT2D eigenvalue weighted by molar-refractivity contribution is 5.86. The average Bonchev–Trinajstić information content (AvgIpc) is 2.67. The van der Waals surface area contributed by atoms with Crippen LogP contribution in [0.3, 0.4) is 0 Å². The smallest absolute Gasteiger partial charge is 0.277 e. The molecule has 7 nitrogen and oxygen atoms in total. The van der Waals surface area contributed by atoms with E-state index < -0.39 is 0 Å². The van der Waals surface area contributed by atoms with E-state index in [1.165, 1.54) is 6.21 Å². The molecule has 1 N–H and O–H groups in total. The van der Waals surface area contributed by atoms with Crippen molar-refractivity contribution < 1.29 is 19.0 Å². The normalized spacial score (nSPS) is 10.8. The first kappa shape index (κ1) is 21.1. The van der Waals surface area contributed by atoms with Gasteiger partial charge in [0.15, 0.2) is 18.1 Å². The van der Waals surface area contributed by atoms with Crippen molar-refractivity contribution in [3.8, 4) is 17.2 Å². The maximum atomic E-state index is 12.0. The van der Waals surface area contributed by atoms with Crippen LogP contribution in [0, 0.1) is 0 Å². The van der Waals surface area contributed by atoms with Gasteiger partial charge >= 0.3 is 0 Å². The van der Waals surface area contributed by atoms with Gasteiger partial charge < -0.3 is 19.1 Å². The molecule has 0 saturated carbocycles. The second-order valence-electron chi connectivity index (χ2n) is 6.52. The van der Waals surface area contributed by atoms with Crippen molar-refractivity contribution in [2.75, 3.05) is 32.7 Å². The molecule has 0 unspecified atom stereocenters. The van der Waals surface area contributed by atoms with Crippen molar-refractivity contribution in [1.29, 1.82) is 0 Å². The van der Waals surface area contributed by atoms with Gasteiger partial charge in [0, 0.05) is 31.4 Å². The van der Waals surface area contributed by atoms with Gasteiger partial charge in [0.25, 0.3) is 5.91 Å². The summed E-state index contributed by atoms with van der Waals surface area (Å²) < 4.78 is 16.7. The summed E-state index contributed by atoms with van der Waals surface area (Å²) in [6, 6.07) is 13.0. The number of nitrogens with one attached hydrogen (secondary N) is 1. The number of nitrogens with zero attached hydrogens (tertiary/aromatic N) is 2. The Morgan fingerprint density at radius 1 is 1.21 bits per heavy atom. The molecule has 0 radical (unpaired) electrons. The lowest BCUT2D eigenvalue weighted by atomic mass is 10.2. The molecule has 0 fully saturated rings. The molecule has 0 atom stereocenters. The fraction of sp³-hybridized carbons (Fsp3) is 0.333. The molecule has 0 aliphatic rings. The van der Waals surface area contributed by atoms with Crippen molar-refractivity contribution in [3.05, 3.63) is 48.0 Å². The molecule has 0 spiro atoms. The van der Waals surface area contributed by atoms with Crippen molar-refractivity contribution in [2.45, 2.75) is 20.0 Å². The summed E-state index contributed by atoms with van der Waals surface area (Å²) >= 11 is 0. The third kappa shape index (κ3) is 6.19. The zero-order valence-electron chi connectivity index (χ0n) is 16.9. The van der Waals surface area contributed by atoms with Crippen molar-refractivity contribution >= 4 is 17.8 Å². The van der Waals surface area contributed by atoms with Gasteiger partial charge in [-0.15, -0.1) is 0 Å². The molecule has 0 heterocycles. The Morgan fingerprint density at radius 3 is 2.64 bits per heavy atom. The largest absolute Gasteiger partial charge is 0.493 e. The molecule has 0 aliphatic heterocycles. The highest BCUT2D eigenvalue weighted by Gasteiger charge is 2.11. The second-order valence-corrected chi connectivity index (χ2v) is 6.52. The number of carbonyl (C=O) groups is 1. The quantitative estimate of drug-likeness (QED) is 0.531. The number of benzene rings is 2. The number of hydrogen-bond acceptors (Lipinski definition) is 6. The molecule has 150 valence electrons.